The van der Waals surface area contributed by atoms with E-state index in [9.17, 15) is 4.79 Å². The molecule has 2 aromatic carbocycles. The molecular formula is C13H10N2O. The van der Waals surface area contributed by atoms with Gasteiger partial charge in [0.15, 0.2) is 5.78 Å². The number of fused-ring (bicyclic) bond motifs is 3. The molecule has 0 saturated heterocycles. The number of anilines is 2. The van der Waals surface area contributed by atoms with E-state index in [1.807, 2.05) is 24.3 Å². The molecule has 0 spiro atoms. The van der Waals surface area contributed by atoms with Gasteiger partial charge < -0.3 is 11.5 Å². The third kappa shape index (κ3) is 0.997. The zero-order valence-electron chi connectivity index (χ0n) is 8.53. The second-order valence-electron chi connectivity index (χ2n) is 3.90. The topological polar surface area (TPSA) is 69.1 Å². The molecule has 0 heterocycles. The van der Waals surface area contributed by atoms with Crippen molar-refractivity contribution < 1.29 is 4.79 Å². The lowest BCUT2D eigenvalue weighted by atomic mass is 10.0. The molecule has 0 bridgehead atoms. The quantitative estimate of drug-likeness (QED) is 0.558. The van der Waals surface area contributed by atoms with Crippen molar-refractivity contribution >= 4 is 17.2 Å². The van der Waals surface area contributed by atoms with Crippen LogP contribution < -0.4 is 11.5 Å². The second-order valence-corrected chi connectivity index (χ2v) is 3.90. The number of hydrogen-bond donors (Lipinski definition) is 2. The Morgan fingerprint density at radius 3 is 2.00 bits per heavy atom. The van der Waals surface area contributed by atoms with Crippen molar-refractivity contribution in [3.05, 3.63) is 47.5 Å². The van der Waals surface area contributed by atoms with Gasteiger partial charge in [0.1, 0.15) is 0 Å². The van der Waals surface area contributed by atoms with Crippen LogP contribution in [0.2, 0.25) is 0 Å². The summed E-state index contributed by atoms with van der Waals surface area (Å²) in [5.41, 5.74) is 15.6. The molecule has 0 aromatic heterocycles. The predicted molar refractivity (Wildman–Crippen MR) is 64.1 cm³/mol. The molecule has 0 amide bonds. The summed E-state index contributed by atoms with van der Waals surface area (Å²) in [7, 11) is 0. The summed E-state index contributed by atoms with van der Waals surface area (Å²) in [5, 5.41) is 0. The summed E-state index contributed by atoms with van der Waals surface area (Å²) in [6, 6.07) is 10.9. The smallest absolute Gasteiger partial charge is 0.194 e. The third-order valence-corrected chi connectivity index (χ3v) is 2.93. The fourth-order valence-corrected chi connectivity index (χ4v) is 2.10. The van der Waals surface area contributed by atoms with Crippen molar-refractivity contribution in [2.75, 3.05) is 11.5 Å². The monoisotopic (exact) mass is 210 g/mol. The van der Waals surface area contributed by atoms with Gasteiger partial charge in [-0.2, -0.15) is 0 Å². The molecule has 3 heteroatoms. The fourth-order valence-electron chi connectivity index (χ4n) is 2.10. The van der Waals surface area contributed by atoms with Gasteiger partial charge in [0.05, 0.1) is 11.4 Å². The number of ketones is 1. The number of rotatable bonds is 0. The molecule has 78 valence electrons. The summed E-state index contributed by atoms with van der Waals surface area (Å²) in [5.74, 6) is 0.0253. The van der Waals surface area contributed by atoms with E-state index in [0.717, 1.165) is 16.7 Å². The normalized spacial score (nSPS) is 12.4. The SMILES string of the molecule is Nc1cc2c(cc1N)-c1ccccc1C2=O. The maximum Gasteiger partial charge on any atom is 0.194 e. The van der Waals surface area contributed by atoms with Gasteiger partial charge in [-0.3, -0.25) is 4.79 Å². The van der Waals surface area contributed by atoms with Gasteiger partial charge in [-0.25, -0.2) is 0 Å². The Bertz CT molecular complexity index is 617. The van der Waals surface area contributed by atoms with Gasteiger partial charge in [-0.1, -0.05) is 24.3 Å². The highest BCUT2D eigenvalue weighted by Gasteiger charge is 2.26. The van der Waals surface area contributed by atoms with Gasteiger partial charge in [-0.15, -0.1) is 0 Å². The van der Waals surface area contributed by atoms with Crippen LogP contribution in [0.5, 0.6) is 0 Å². The summed E-state index contributed by atoms with van der Waals surface area (Å²) < 4.78 is 0. The molecule has 16 heavy (non-hydrogen) atoms. The first-order chi connectivity index (χ1) is 7.68. The largest absolute Gasteiger partial charge is 0.397 e. The highest BCUT2D eigenvalue weighted by atomic mass is 16.1. The molecule has 0 atom stereocenters. The summed E-state index contributed by atoms with van der Waals surface area (Å²) in [4.78, 5) is 12.1. The van der Waals surface area contributed by atoms with E-state index in [4.69, 9.17) is 11.5 Å². The molecular weight excluding hydrogens is 200 g/mol. The Morgan fingerprint density at radius 2 is 1.31 bits per heavy atom. The third-order valence-electron chi connectivity index (χ3n) is 2.93. The van der Waals surface area contributed by atoms with E-state index in [-0.39, 0.29) is 5.78 Å². The number of nitrogen functional groups attached to an aromatic ring is 2. The lowest BCUT2D eigenvalue weighted by Crippen LogP contribution is -1.99. The van der Waals surface area contributed by atoms with E-state index in [1.54, 1.807) is 12.1 Å². The van der Waals surface area contributed by atoms with Crippen molar-refractivity contribution in [1.29, 1.82) is 0 Å². The first kappa shape index (κ1) is 8.97. The van der Waals surface area contributed by atoms with Gasteiger partial charge in [-0.05, 0) is 23.3 Å². The first-order valence-corrected chi connectivity index (χ1v) is 5.01. The molecule has 0 fully saturated rings. The lowest BCUT2D eigenvalue weighted by molar-refractivity contribution is 0.104. The van der Waals surface area contributed by atoms with Crippen LogP contribution in [0.15, 0.2) is 36.4 Å². The van der Waals surface area contributed by atoms with E-state index < -0.39 is 0 Å². The van der Waals surface area contributed by atoms with Gasteiger partial charge >= 0.3 is 0 Å². The van der Waals surface area contributed by atoms with Crippen LogP contribution in [0.4, 0.5) is 11.4 Å². The molecule has 4 N–H and O–H groups in total. The molecule has 0 aliphatic heterocycles. The number of nitrogens with two attached hydrogens (primary N) is 2. The maximum absolute atomic E-state index is 12.1. The molecule has 2 aromatic rings. The fraction of sp³-hybridized carbons (Fsp3) is 0. The Morgan fingerprint density at radius 1 is 0.750 bits per heavy atom. The average molecular weight is 210 g/mol. The molecule has 0 saturated carbocycles. The second kappa shape index (κ2) is 2.85. The number of carbonyl (C=O) groups is 1. The van der Waals surface area contributed by atoms with Crippen molar-refractivity contribution in [2.24, 2.45) is 0 Å². The molecule has 0 unspecified atom stereocenters. The Hall–Kier alpha value is -2.29. The molecule has 1 aliphatic carbocycles. The minimum atomic E-state index is 0.0253. The van der Waals surface area contributed by atoms with Crippen LogP contribution in [-0.2, 0) is 0 Å². The number of hydrogen-bond acceptors (Lipinski definition) is 3. The minimum Gasteiger partial charge on any atom is -0.397 e. The van der Waals surface area contributed by atoms with Gasteiger partial charge in [0, 0.05) is 11.1 Å². The zero-order chi connectivity index (χ0) is 11.3. The molecule has 0 radical (unpaired) electrons. The van der Waals surface area contributed by atoms with Crippen molar-refractivity contribution in [3.8, 4) is 11.1 Å². The van der Waals surface area contributed by atoms with E-state index >= 15 is 0 Å². The maximum atomic E-state index is 12.1. The first-order valence-electron chi connectivity index (χ1n) is 5.01. The van der Waals surface area contributed by atoms with Crippen LogP contribution in [0.1, 0.15) is 15.9 Å². The Labute approximate surface area is 92.7 Å². The standard InChI is InChI=1S/C13H10N2O/c14-11-5-9-7-3-1-2-4-8(7)13(16)10(9)6-12(11)15/h1-6H,14-15H2. The van der Waals surface area contributed by atoms with E-state index in [0.29, 0.717) is 16.9 Å². The highest BCUT2D eigenvalue weighted by molar-refractivity contribution is 6.22. The Balaban J connectivity index is 2.38. The molecule has 1 aliphatic rings. The summed E-state index contributed by atoms with van der Waals surface area (Å²) in [6.07, 6.45) is 0. The lowest BCUT2D eigenvalue weighted by Gasteiger charge is -2.04. The predicted octanol–water partition coefficient (Wildman–Crippen LogP) is 2.06. The summed E-state index contributed by atoms with van der Waals surface area (Å²) in [6.45, 7) is 0. The number of carbonyl (C=O) groups excluding carboxylic acids is 1. The number of benzene rings is 2. The minimum absolute atomic E-state index is 0.0253. The van der Waals surface area contributed by atoms with Crippen molar-refractivity contribution in [3.63, 3.8) is 0 Å². The van der Waals surface area contributed by atoms with Crippen molar-refractivity contribution in [1.82, 2.24) is 0 Å². The van der Waals surface area contributed by atoms with Gasteiger partial charge in [0.25, 0.3) is 0 Å². The zero-order valence-corrected chi connectivity index (χ0v) is 8.53. The average Bonchev–Trinajstić information content (AvgIpc) is 2.55. The van der Waals surface area contributed by atoms with E-state index in [1.165, 1.54) is 0 Å². The highest BCUT2D eigenvalue weighted by Crippen LogP contribution is 2.39. The van der Waals surface area contributed by atoms with E-state index in [2.05, 4.69) is 0 Å². The van der Waals surface area contributed by atoms with Crippen LogP contribution in [0, 0.1) is 0 Å². The van der Waals surface area contributed by atoms with Crippen LogP contribution in [0.25, 0.3) is 11.1 Å². The van der Waals surface area contributed by atoms with Gasteiger partial charge in [0.2, 0.25) is 0 Å². The molecule has 3 nitrogen and oxygen atoms in total. The Kier molecular flexibility index (Phi) is 1.60. The molecule has 3 rings (SSSR count). The van der Waals surface area contributed by atoms with Crippen LogP contribution >= 0.6 is 0 Å². The van der Waals surface area contributed by atoms with Crippen LogP contribution in [0.3, 0.4) is 0 Å². The summed E-state index contributed by atoms with van der Waals surface area (Å²) >= 11 is 0. The van der Waals surface area contributed by atoms with Crippen LogP contribution in [-0.4, -0.2) is 5.78 Å². The van der Waals surface area contributed by atoms with Crippen molar-refractivity contribution in [2.45, 2.75) is 0 Å².